The molecule has 0 unspecified atom stereocenters. The summed E-state index contributed by atoms with van der Waals surface area (Å²) in [5.41, 5.74) is 9.50. The molecule has 0 saturated carbocycles. The standard InChI is InChI=1S/C14H18BNO3.C9H8Br2O2.2C9H9BrO2.C8H6BrNO.C8H7BrO2/c1-13(2)14(3,4)19-15(18-13)10-6-5-9-8-16-12(17)11(9)7-10;1-13-9(12)8-4-7(11)3-2-6(8)5-10;2*1-6-3-4-7(10)5-8(6)9(11)12-2;9-6-2-1-5-4-10-8(11)7(5)3-6;1-5-2-3-6(9)4-7(5)8(10)11/h5-7H,8H2,1-4H3,(H,16,17);2-4H,5H2,1H3;2*3-5H,1-2H3;1-3H,4H2,(H,10,11);2-4H,1H3,(H,10,11). The number of esters is 3. The number of halogens is 6. The summed E-state index contributed by atoms with van der Waals surface area (Å²) >= 11 is 19.7. The van der Waals surface area contributed by atoms with E-state index in [0.717, 1.165) is 72.3 Å². The highest BCUT2D eigenvalue weighted by atomic mass is 79.9. The van der Waals surface area contributed by atoms with Gasteiger partial charge in [0.1, 0.15) is 0 Å². The molecule has 6 aromatic rings. The number of hydrogen-bond donors (Lipinski definition) is 3. The van der Waals surface area contributed by atoms with E-state index in [4.69, 9.17) is 14.4 Å². The van der Waals surface area contributed by atoms with Gasteiger partial charge in [0.15, 0.2) is 0 Å². The van der Waals surface area contributed by atoms with Crippen LogP contribution in [0, 0.1) is 20.8 Å². The number of ether oxygens (including phenoxy) is 3. The molecule has 14 nitrogen and oxygen atoms in total. The second kappa shape index (κ2) is 30.0. The first kappa shape index (κ1) is 65.5. The molecule has 0 aromatic heterocycles. The van der Waals surface area contributed by atoms with E-state index in [9.17, 15) is 28.8 Å². The number of benzene rings is 6. The van der Waals surface area contributed by atoms with Crippen LogP contribution < -0.4 is 16.1 Å². The zero-order valence-corrected chi connectivity index (χ0v) is 53.8. The molecule has 3 N–H and O–H groups in total. The maximum absolute atomic E-state index is 11.7. The Kier molecular flexibility index (Phi) is 25.2. The third kappa shape index (κ3) is 18.3. The van der Waals surface area contributed by atoms with Crippen molar-refractivity contribution in [2.24, 2.45) is 0 Å². The number of alkyl halides is 1. The van der Waals surface area contributed by atoms with Crippen LogP contribution in [-0.2, 0) is 41.9 Å². The van der Waals surface area contributed by atoms with Gasteiger partial charge >= 0.3 is 31.0 Å². The Morgan fingerprint density at radius 2 is 0.872 bits per heavy atom. The molecule has 1 saturated heterocycles. The molecule has 3 aliphatic rings. The second-order valence-corrected chi connectivity index (χ2v) is 23.4. The zero-order valence-electron chi connectivity index (χ0n) is 44.3. The van der Waals surface area contributed by atoms with Crippen molar-refractivity contribution in [1.29, 1.82) is 0 Å². The molecule has 3 aliphatic heterocycles. The number of hydrogen-bond acceptors (Lipinski definition) is 11. The molecule has 0 aliphatic carbocycles. The van der Waals surface area contributed by atoms with Gasteiger partial charge in [-0.2, -0.15) is 0 Å². The lowest BCUT2D eigenvalue weighted by Gasteiger charge is -2.32. The van der Waals surface area contributed by atoms with Gasteiger partial charge in [0, 0.05) is 51.9 Å². The number of carboxylic acids is 1. The van der Waals surface area contributed by atoms with Crippen molar-refractivity contribution in [2.45, 2.75) is 78.1 Å². The second-order valence-electron chi connectivity index (χ2n) is 18.3. The monoisotopic (exact) mass is 1450 g/mol. The van der Waals surface area contributed by atoms with E-state index in [1.807, 2.05) is 120 Å². The Morgan fingerprint density at radius 1 is 0.526 bits per heavy atom. The van der Waals surface area contributed by atoms with Gasteiger partial charge in [-0.05, 0) is 154 Å². The van der Waals surface area contributed by atoms with Crippen molar-refractivity contribution in [3.05, 3.63) is 198 Å². The fourth-order valence-electron chi connectivity index (χ4n) is 7.18. The minimum Gasteiger partial charge on any atom is -0.478 e. The number of carboxylic acid groups (broad SMARTS) is 1. The Balaban J connectivity index is 0.000000205. The smallest absolute Gasteiger partial charge is 0.478 e. The molecule has 412 valence electrons. The average Bonchev–Trinajstić information content (AvgIpc) is 4.08. The van der Waals surface area contributed by atoms with Crippen LogP contribution in [0.1, 0.15) is 123 Å². The Hall–Kier alpha value is -5.00. The van der Waals surface area contributed by atoms with E-state index < -0.39 is 13.1 Å². The summed E-state index contributed by atoms with van der Waals surface area (Å²) in [5.74, 6) is -1.78. The largest absolute Gasteiger partial charge is 0.494 e. The maximum Gasteiger partial charge on any atom is 0.494 e. The molecular weight excluding hydrogens is 1390 g/mol. The number of rotatable bonds is 6. The predicted octanol–water partition coefficient (Wildman–Crippen LogP) is 13.6. The molecule has 0 spiro atoms. The number of fused-ring (bicyclic) bond motifs is 2. The van der Waals surface area contributed by atoms with Crippen molar-refractivity contribution in [3.63, 3.8) is 0 Å². The number of aryl methyl sites for hydroxylation is 3. The van der Waals surface area contributed by atoms with E-state index in [0.29, 0.717) is 40.7 Å². The highest BCUT2D eigenvalue weighted by molar-refractivity contribution is 9.11. The quantitative estimate of drug-likeness (QED) is 0.0619. The van der Waals surface area contributed by atoms with Crippen LogP contribution in [0.2, 0.25) is 0 Å². The number of carbonyl (C=O) groups excluding carboxylic acids is 5. The summed E-state index contributed by atoms with van der Waals surface area (Å²) < 4.78 is 30.2. The van der Waals surface area contributed by atoms with E-state index in [-0.39, 0.29) is 40.9 Å². The lowest BCUT2D eigenvalue weighted by Crippen LogP contribution is -2.41. The number of carbonyl (C=O) groups is 6. The van der Waals surface area contributed by atoms with Crippen LogP contribution in [0.4, 0.5) is 0 Å². The normalized spacial score (nSPS) is 13.7. The summed E-state index contributed by atoms with van der Waals surface area (Å²) in [6.07, 6.45) is 0. The van der Waals surface area contributed by atoms with E-state index >= 15 is 0 Å². The van der Waals surface area contributed by atoms with E-state index in [1.165, 1.54) is 21.3 Å². The van der Waals surface area contributed by atoms with Crippen LogP contribution in [0.25, 0.3) is 0 Å². The first-order chi connectivity index (χ1) is 36.7. The predicted molar refractivity (Wildman–Crippen MR) is 323 cm³/mol. The van der Waals surface area contributed by atoms with Crippen LogP contribution in [0.15, 0.2) is 132 Å². The van der Waals surface area contributed by atoms with Gasteiger partial charge in [0.05, 0.1) is 54.8 Å². The summed E-state index contributed by atoms with van der Waals surface area (Å²) in [6, 6.07) is 33.3. The number of aromatic carboxylic acids is 1. The average molecular weight is 1450 g/mol. The van der Waals surface area contributed by atoms with Crippen LogP contribution >= 0.6 is 95.6 Å². The molecule has 6 aromatic carbocycles. The first-order valence-electron chi connectivity index (χ1n) is 23.6. The van der Waals surface area contributed by atoms with Gasteiger partial charge in [-0.3, -0.25) is 9.59 Å². The molecule has 9 rings (SSSR count). The van der Waals surface area contributed by atoms with E-state index in [2.05, 4.69) is 120 Å². The SMILES string of the molecule is CC1(C)OB(c2ccc3c(c2)C(=O)NC3)OC1(C)C.COC(=O)c1cc(Br)ccc1C.COC(=O)c1cc(Br)ccc1C.COC(=O)c1cc(Br)ccc1CBr.Cc1ccc(Br)cc1C(=O)O.O=C1NCc2ccc(Br)cc21. The Labute approximate surface area is 505 Å². The summed E-state index contributed by atoms with van der Waals surface area (Å²) in [4.78, 5) is 66.9. The van der Waals surface area contributed by atoms with Gasteiger partial charge < -0.3 is 39.3 Å². The van der Waals surface area contributed by atoms with Gasteiger partial charge in [0.25, 0.3) is 11.8 Å². The molecular formula is C57H57BBr6N2O12. The zero-order chi connectivity index (χ0) is 58.2. The molecule has 3 heterocycles. The highest BCUT2D eigenvalue weighted by Crippen LogP contribution is 2.37. The lowest BCUT2D eigenvalue weighted by atomic mass is 9.78. The summed E-state index contributed by atoms with van der Waals surface area (Å²) in [6.45, 7) is 14.9. The summed E-state index contributed by atoms with van der Waals surface area (Å²) in [7, 11) is 3.72. The minimum absolute atomic E-state index is 0.0200. The molecule has 78 heavy (non-hydrogen) atoms. The molecule has 0 atom stereocenters. The van der Waals surface area contributed by atoms with Gasteiger partial charge in [0.2, 0.25) is 0 Å². The third-order valence-corrected chi connectivity index (χ3v) is 15.4. The van der Waals surface area contributed by atoms with Crippen molar-refractivity contribution in [2.75, 3.05) is 21.3 Å². The van der Waals surface area contributed by atoms with Crippen molar-refractivity contribution < 1.29 is 57.4 Å². The number of nitrogens with one attached hydrogen (secondary N) is 2. The fourth-order valence-corrected chi connectivity index (χ4v) is 9.47. The molecule has 2 amide bonds. The molecule has 21 heteroatoms. The number of amides is 2. The topological polar surface area (TPSA) is 193 Å². The first-order valence-corrected chi connectivity index (χ1v) is 28.7. The van der Waals surface area contributed by atoms with Gasteiger partial charge in [-0.1, -0.05) is 138 Å². The number of methoxy groups -OCH3 is 3. The maximum atomic E-state index is 11.7. The van der Waals surface area contributed by atoms with Crippen molar-refractivity contribution in [3.8, 4) is 0 Å². The van der Waals surface area contributed by atoms with Gasteiger partial charge in [-0.15, -0.1) is 0 Å². The highest BCUT2D eigenvalue weighted by Gasteiger charge is 2.52. The lowest BCUT2D eigenvalue weighted by molar-refractivity contribution is 0.00578. The van der Waals surface area contributed by atoms with Crippen molar-refractivity contribution in [1.82, 2.24) is 10.6 Å². The third-order valence-electron chi connectivity index (χ3n) is 12.4. The minimum atomic E-state index is -0.885. The summed E-state index contributed by atoms with van der Waals surface area (Å²) in [5, 5.41) is 14.9. The van der Waals surface area contributed by atoms with Crippen LogP contribution in [-0.4, -0.2) is 80.4 Å². The van der Waals surface area contributed by atoms with Crippen LogP contribution in [0.5, 0.6) is 0 Å². The molecule has 0 radical (unpaired) electrons. The van der Waals surface area contributed by atoms with Crippen LogP contribution in [0.3, 0.4) is 0 Å². The fraction of sp³-hybridized carbons (Fsp3) is 0.263. The molecule has 0 bridgehead atoms. The Morgan fingerprint density at radius 3 is 1.28 bits per heavy atom. The molecule has 1 fully saturated rings. The Bertz CT molecular complexity index is 3100. The van der Waals surface area contributed by atoms with Gasteiger partial charge in [-0.25, -0.2) is 19.2 Å². The van der Waals surface area contributed by atoms with Crippen molar-refractivity contribution >= 4 is 144 Å². The van der Waals surface area contributed by atoms with E-state index in [1.54, 1.807) is 37.3 Å².